The van der Waals surface area contributed by atoms with Gasteiger partial charge in [0.05, 0.1) is 46.8 Å². The fourth-order valence-corrected chi connectivity index (χ4v) is 3.43. The third-order valence-electron chi connectivity index (χ3n) is 4.35. The molecule has 0 spiro atoms. The van der Waals surface area contributed by atoms with Crippen LogP contribution in [0.3, 0.4) is 0 Å². The number of aliphatic imine (C=N–C) groups is 1. The van der Waals surface area contributed by atoms with E-state index in [0.717, 1.165) is 0 Å². The summed E-state index contributed by atoms with van der Waals surface area (Å²) in [6.07, 6.45) is -0.141. The van der Waals surface area contributed by atoms with Gasteiger partial charge in [-0.25, -0.2) is 18.2 Å². The number of aromatic nitrogens is 2. The lowest BCUT2D eigenvalue weighted by atomic mass is 10.1. The highest BCUT2D eigenvalue weighted by molar-refractivity contribution is 7.89. The summed E-state index contributed by atoms with van der Waals surface area (Å²) in [5, 5.41) is 8.05. The van der Waals surface area contributed by atoms with E-state index in [1.54, 1.807) is 31.2 Å². The maximum absolute atomic E-state index is 13.1. The quantitative estimate of drug-likeness (QED) is 0.454. The first kappa shape index (κ1) is 21.2. The van der Waals surface area contributed by atoms with Crippen LogP contribution in [0.5, 0.6) is 0 Å². The molecule has 3 N–H and O–H groups in total. The molecule has 156 valence electrons. The van der Waals surface area contributed by atoms with Gasteiger partial charge in [-0.1, -0.05) is 18.2 Å². The molecule has 0 amide bonds. The molecular formula is C20H20N4O5S. The highest BCUT2D eigenvalue weighted by atomic mass is 32.2. The van der Waals surface area contributed by atoms with Gasteiger partial charge in [0.2, 0.25) is 10.0 Å². The minimum Gasteiger partial charge on any atom is -0.469 e. The summed E-state index contributed by atoms with van der Waals surface area (Å²) in [6.45, 7) is 1.63. The topological polar surface area (TPSA) is 137 Å². The van der Waals surface area contributed by atoms with Gasteiger partial charge < -0.3 is 4.74 Å². The Kier molecular flexibility index (Phi) is 5.99. The lowest BCUT2D eigenvalue weighted by molar-refractivity contribution is -0.139. The Balaban J connectivity index is 2.08. The monoisotopic (exact) mass is 428 g/mol. The van der Waals surface area contributed by atoms with E-state index in [-0.39, 0.29) is 22.4 Å². The van der Waals surface area contributed by atoms with Gasteiger partial charge in [0.25, 0.3) is 5.56 Å². The number of rotatable bonds is 6. The highest BCUT2D eigenvalue weighted by Crippen LogP contribution is 2.18. The van der Waals surface area contributed by atoms with Crippen molar-refractivity contribution in [1.82, 2.24) is 9.78 Å². The van der Waals surface area contributed by atoms with Crippen LogP contribution in [0.15, 0.2) is 69.3 Å². The number of ether oxygens (including phenoxy) is 1. The smallest absolute Gasteiger partial charge is 0.311 e. The molecule has 0 fully saturated rings. The molecule has 0 atom stereocenters. The summed E-state index contributed by atoms with van der Waals surface area (Å²) in [6, 6.07) is 14.5. The third kappa shape index (κ3) is 4.56. The van der Waals surface area contributed by atoms with Crippen LogP contribution in [0.25, 0.3) is 5.69 Å². The number of methoxy groups -OCH3 is 1. The Morgan fingerprint density at radius 2 is 1.77 bits per heavy atom. The molecule has 1 aromatic heterocycles. The molecule has 10 heteroatoms. The molecule has 0 saturated carbocycles. The maximum Gasteiger partial charge on any atom is 0.311 e. The second-order valence-electron chi connectivity index (χ2n) is 6.43. The molecule has 0 radical (unpaired) electrons. The normalized spacial score (nSPS) is 12.0. The summed E-state index contributed by atoms with van der Waals surface area (Å²) in [4.78, 5) is 29.3. The van der Waals surface area contributed by atoms with Gasteiger partial charge in [0, 0.05) is 0 Å². The summed E-state index contributed by atoms with van der Waals surface area (Å²) in [7, 11) is -2.55. The van der Waals surface area contributed by atoms with Crippen LogP contribution in [-0.4, -0.2) is 37.0 Å². The van der Waals surface area contributed by atoms with Crippen molar-refractivity contribution in [1.29, 1.82) is 0 Å². The molecule has 0 aliphatic carbocycles. The largest absolute Gasteiger partial charge is 0.469 e. The second-order valence-corrected chi connectivity index (χ2v) is 7.99. The average Bonchev–Trinajstić information content (AvgIpc) is 3.04. The molecule has 0 unspecified atom stereocenters. The lowest BCUT2D eigenvalue weighted by Crippen LogP contribution is -2.20. The molecule has 30 heavy (non-hydrogen) atoms. The van der Waals surface area contributed by atoms with Crippen molar-refractivity contribution in [3.8, 4) is 5.69 Å². The van der Waals surface area contributed by atoms with E-state index in [1.807, 2.05) is 6.07 Å². The van der Waals surface area contributed by atoms with Crippen LogP contribution in [-0.2, 0) is 26.0 Å². The maximum atomic E-state index is 13.1. The Bertz CT molecular complexity index is 1260. The number of hydrogen-bond donors (Lipinski definition) is 2. The summed E-state index contributed by atoms with van der Waals surface area (Å²) >= 11 is 0. The van der Waals surface area contributed by atoms with Gasteiger partial charge in [-0.3, -0.25) is 19.7 Å². The summed E-state index contributed by atoms with van der Waals surface area (Å²) in [5.74, 6) is -0.511. The van der Waals surface area contributed by atoms with Crippen molar-refractivity contribution < 1.29 is 17.9 Å². The van der Waals surface area contributed by atoms with Gasteiger partial charge >= 0.3 is 5.97 Å². The Morgan fingerprint density at radius 1 is 1.13 bits per heavy atom. The van der Waals surface area contributed by atoms with Gasteiger partial charge in [0.15, 0.2) is 0 Å². The number of primary sulfonamides is 1. The molecule has 0 aliphatic rings. The predicted octanol–water partition coefficient (Wildman–Crippen LogP) is 1.67. The van der Waals surface area contributed by atoms with E-state index in [1.165, 1.54) is 36.1 Å². The zero-order chi connectivity index (χ0) is 21.9. The standard InChI is InChI=1S/C20H20N4O5S/c1-13(22-14-8-10-16(11-9-14)30(21,27)28)19-17(12-18(25)29-2)23-24(20(19)26)15-6-4-3-5-7-15/h3-11,23H,12H2,1-2H3,(H2,21,27,28). The minimum atomic E-state index is -3.82. The van der Waals surface area contributed by atoms with E-state index in [2.05, 4.69) is 10.1 Å². The number of H-pyrrole nitrogens is 1. The Morgan fingerprint density at radius 3 is 2.33 bits per heavy atom. The van der Waals surface area contributed by atoms with Crippen LogP contribution >= 0.6 is 0 Å². The number of nitrogens with one attached hydrogen (secondary N) is 1. The number of nitrogens with two attached hydrogens (primary N) is 1. The van der Waals surface area contributed by atoms with E-state index in [9.17, 15) is 18.0 Å². The molecule has 1 heterocycles. The predicted molar refractivity (Wildman–Crippen MR) is 112 cm³/mol. The summed E-state index contributed by atoms with van der Waals surface area (Å²) in [5.41, 5.74) is 1.61. The highest BCUT2D eigenvalue weighted by Gasteiger charge is 2.20. The molecular weight excluding hydrogens is 408 g/mol. The van der Waals surface area contributed by atoms with Gasteiger partial charge in [-0.05, 0) is 43.3 Å². The number of aromatic amines is 1. The fourth-order valence-electron chi connectivity index (χ4n) is 2.92. The van der Waals surface area contributed by atoms with E-state index < -0.39 is 16.0 Å². The minimum absolute atomic E-state index is 0.0430. The first-order chi connectivity index (χ1) is 14.2. The van der Waals surface area contributed by atoms with Gasteiger partial charge in [-0.2, -0.15) is 0 Å². The molecule has 3 rings (SSSR count). The number of hydrogen-bond acceptors (Lipinski definition) is 6. The zero-order valence-corrected chi connectivity index (χ0v) is 17.1. The van der Waals surface area contributed by atoms with Crippen LogP contribution < -0.4 is 10.7 Å². The summed E-state index contributed by atoms with van der Waals surface area (Å²) < 4.78 is 28.8. The molecule has 3 aromatic rings. The van der Waals surface area contributed by atoms with Crippen LogP contribution in [0.4, 0.5) is 5.69 Å². The van der Waals surface area contributed by atoms with Crippen molar-refractivity contribution in [3.05, 3.63) is 76.2 Å². The Hall–Kier alpha value is -3.50. The fraction of sp³-hybridized carbons (Fsp3) is 0.150. The first-order valence-corrected chi connectivity index (χ1v) is 10.4. The molecule has 2 aromatic carbocycles. The van der Waals surface area contributed by atoms with Crippen molar-refractivity contribution in [3.63, 3.8) is 0 Å². The van der Waals surface area contributed by atoms with Crippen molar-refractivity contribution in [2.24, 2.45) is 10.1 Å². The molecule has 9 nitrogen and oxygen atoms in total. The molecule has 0 aliphatic heterocycles. The number of benzene rings is 2. The molecule has 0 saturated heterocycles. The SMILES string of the molecule is COC(=O)Cc1[nH]n(-c2ccccc2)c(=O)c1C(C)=Nc1ccc(S(N)(=O)=O)cc1. The van der Waals surface area contributed by atoms with E-state index >= 15 is 0 Å². The lowest BCUT2D eigenvalue weighted by Gasteiger charge is -2.03. The van der Waals surface area contributed by atoms with Crippen molar-refractivity contribution in [2.75, 3.05) is 7.11 Å². The number of carbonyl (C=O) groups is 1. The number of nitrogens with zero attached hydrogens (tertiary/aromatic N) is 2. The first-order valence-electron chi connectivity index (χ1n) is 8.85. The van der Waals surface area contributed by atoms with Gasteiger partial charge in [-0.15, -0.1) is 0 Å². The number of carbonyl (C=O) groups excluding carboxylic acids is 1. The third-order valence-corrected chi connectivity index (χ3v) is 5.28. The zero-order valence-electron chi connectivity index (χ0n) is 16.3. The van der Waals surface area contributed by atoms with E-state index in [0.29, 0.717) is 22.8 Å². The average molecular weight is 428 g/mol. The van der Waals surface area contributed by atoms with Crippen molar-refractivity contribution in [2.45, 2.75) is 18.2 Å². The number of esters is 1. The Labute approximate surface area is 172 Å². The number of sulfonamides is 1. The second kappa shape index (κ2) is 8.47. The van der Waals surface area contributed by atoms with Crippen LogP contribution in [0, 0.1) is 0 Å². The van der Waals surface area contributed by atoms with Crippen LogP contribution in [0.2, 0.25) is 0 Å². The van der Waals surface area contributed by atoms with Gasteiger partial charge in [0.1, 0.15) is 0 Å². The molecule has 0 bridgehead atoms. The van der Waals surface area contributed by atoms with Crippen molar-refractivity contribution >= 4 is 27.4 Å². The number of para-hydroxylation sites is 1. The van der Waals surface area contributed by atoms with Crippen LogP contribution in [0.1, 0.15) is 18.2 Å². The van der Waals surface area contributed by atoms with E-state index in [4.69, 9.17) is 9.88 Å².